The average molecular weight is 372 g/mol. The third-order valence-corrected chi connectivity index (χ3v) is 5.65. The molecule has 1 aliphatic heterocycles. The van der Waals surface area contributed by atoms with E-state index in [0.717, 1.165) is 15.9 Å². The molecule has 1 atom stereocenters. The zero-order valence-corrected chi connectivity index (χ0v) is 15.1. The van der Waals surface area contributed by atoms with Crippen LogP contribution in [0.25, 0.3) is 0 Å². The van der Waals surface area contributed by atoms with Crippen molar-refractivity contribution in [3.8, 4) is 0 Å². The van der Waals surface area contributed by atoms with Crippen LogP contribution in [-0.2, 0) is 4.74 Å². The van der Waals surface area contributed by atoms with Crippen LogP contribution in [0, 0.1) is 5.41 Å². The normalized spacial score (nSPS) is 20.9. The van der Waals surface area contributed by atoms with Crippen LogP contribution in [0.5, 0.6) is 0 Å². The molecule has 2 rings (SSSR count). The third-order valence-electron chi connectivity index (χ3n) is 3.93. The van der Waals surface area contributed by atoms with Crippen molar-refractivity contribution >= 4 is 39.3 Å². The minimum atomic E-state index is -0.279. The van der Waals surface area contributed by atoms with Gasteiger partial charge in [-0.3, -0.25) is 0 Å². The van der Waals surface area contributed by atoms with Gasteiger partial charge in [-0.05, 0) is 58.6 Å². The van der Waals surface area contributed by atoms with Crippen LogP contribution in [0.1, 0.15) is 37.6 Å². The van der Waals surface area contributed by atoms with Gasteiger partial charge in [0.1, 0.15) is 0 Å². The first kappa shape index (κ1) is 16.7. The number of carbonyl (C=O) groups excluding carboxylic acids is 1. The summed E-state index contributed by atoms with van der Waals surface area (Å²) < 4.78 is 5.92. The molecule has 0 aromatic heterocycles. The van der Waals surface area contributed by atoms with Crippen molar-refractivity contribution < 1.29 is 9.53 Å². The van der Waals surface area contributed by atoms with E-state index in [1.807, 2.05) is 36.9 Å². The summed E-state index contributed by atoms with van der Waals surface area (Å²) in [4.78, 5) is 11.7. The molecule has 5 heteroatoms. The molecule has 1 N–H and O–H groups in total. The van der Waals surface area contributed by atoms with Crippen LogP contribution < -0.4 is 5.32 Å². The molecule has 3 nitrogen and oxygen atoms in total. The lowest BCUT2D eigenvalue weighted by Gasteiger charge is -2.39. The van der Waals surface area contributed by atoms with Crippen LogP contribution in [0.3, 0.4) is 0 Å². The summed E-state index contributed by atoms with van der Waals surface area (Å²) >= 11 is 5.55. The first-order valence-electron chi connectivity index (χ1n) is 7.25. The highest BCUT2D eigenvalue weighted by atomic mass is 79.9. The number of thioether (sulfide) groups is 1. The van der Waals surface area contributed by atoms with Crippen LogP contribution >= 0.6 is 27.7 Å². The van der Waals surface area contributed by atoms with E-state index in [9.17, 15) is 4.79 Å². The quantitative estimate of drug-likeness (QED) is 0.786. The van der Waals surface area contributed by atoms with Gasteiger partial charge < -0.3 is 10.1 Å². The molecule has 1 aromatic carbocycles. The molecule has 1 aromatic rings. The summed E-state index contributed by atoms with van der Waals surface area (Å²) in [6.45, 7) is 6.83. The molecule has 0 radical (unpaired) electrons. The number of hydrogen-bond donors (Lipinski definition) is 1. The van der Waals surface area contributed by atoms with Gasteiger partial charge in [-0.25, -0.2) is 4.79 Å². The highest BCUT2D eigenvalue weighted by Crippen LogP contribution is 2.37. The Morgan fingerprint density at radius 2 is 2.29 bits per heavy atom. The second-order valence-electron chi connectivity index (χ2n) is 5.93. The second-order valence-corrected chi connectivity index (χ2v) is 7.93. The number of nitrogens with one attached hydrogen (secondary N) is 1. The van der Waals surface area contributed by atoms with Crippen LogP contribution in [0.2, 0.25) is 0 Å². The molecule has 116 valence electrons. The lowest BCUT2D eigenvalue weighted by atomic mass is 9.82. The van der Waals surface area contributed by atoms with Crippen molar-refractivity contribution in [2.75, 3.05) is 23.4 Å². The Labute approximate surface area is 139 Å². The van der Waals surface area contributed by atoms with E-state index in [1.165, 1.54) is 12.2 Å². The average Bonchev–Trinajstić information content (AvgIpc) is 2.43. The Bertz CT molecular complexity index is 519. The number of rotatable bonds is 4. The van der Waals surface area contributed by atoms with Gasteiger partial charge in [-0.1, -0.05) is 13.8 Å². The molecule has 0 bridgehead atoms. The Balaban J connectivity index is 2.12. The summed E-state index contributed by atoms with van der Waals surface area (Å²) in [7, 11) is 0. The summed E-state index contributed by atoms with van der Waals surface area (Å²) in [5.74, 6) is 2.06. The molecule has 21 heavy (non-hydrogen) atoms. The fourth-order valence-electron chi connectivity index (χ4n) is 2.33. The highest BCUT2D eigenvalue weighted by Gasteiger charge is 2.32. The summed E-state index contributed by atoms with van der Waals surface area (Å²) in [5, 5.41) is 3.62. The van der Waals surface area contributed by atoms with E-state index in [1.54, 1.807) is 0 Å². The number of benzene rings is 1. The monoisotopic (exact) mass is 371 g/mol. The zero-order valence-electron chi connectivity index (χ0n) is 12.7. The van der Waals surface area contributed by atoms with Crippen molar-refractivity contribution in [1.29, 1.82) is 0 Å². The summed E-state index contributed by atoms with van der Waals surface area (Å²) in [6.07, 6.45) is 1.22. The predicted molar refractivity (Wildman–Crippen MR) is 93.2 cm³/mol. The van der Waals surface area contributed by atoms with Crippen LogP contribution in [0.4, 0.5) is 5.69 Å². The molecule has 1 unspecified atom stereocenters. The minimum Gasteiger partial charge on any atom is -0.462 e. The minimum absolute atomic E-state index is 0.279. The molecule has 0 saturated carbocycles. The van der Waals surface area contributed by atoms with Crippen LogP contribution in [-0.4, -0.2) is 30.1 Å². The van der Waals surface area contributed by atoms with E-state index < -0.39 is 0 Å². The molecule has 1 fully saturated rings. The van der Waals surface area contributed by atoms with Crippen molar-refractivity contribution in [3.05, 3.63) is 28.2 Å². The largest absolute Gasteiger partial charge is 0.462 e. The fraction of sp³-hybridized carbons (Fsp3) is 0.562. The first-order valence-corrected chi connectivity index (χ1v) is 9.20. The second kappa shape index (κ2) is 7.05. The van der Waals surface area contributed by atoms with Gasteiger partial charge in [0.15, 0.2) is 0 Å². The smallest absolute Gasteiger partial charge is 0.338 e. The Morgan fingerprint density at radius 3 is 2.90 bits per heavy atom. The maximum Gasteiger partial charge on any atom is 0.338 e. The van der Waals surface area contributed by atoms with Crippen molar-refractivity contribution in [3.63, 3.8) is 0 Å². The maximum atomic E-state index is 11.7. The van der Waals surface area contributed by atoms with Crippen molar-refractivity contribution in [2.45, 2.75) is 33.2 Å². The molecular formula is C16H22BrNO2S. The molecule has 0 spiro atoms. The molecular weight excluding hydrogens is 350 g/mol. The number of esters is 1. The number of halogens is 1. The Hall–Kier alpha value is -0.680. The van der Waals surface area contributed by atoms with Gasteiger partial charge in [0, 0.05) is 22.0 Å². The molecule has 1 heterocycles. The standard InChI is InChI=1S/C16H22BrNO2S/c1-4-20-15(19)11-5-6-13(12(17)9-11)18-14-10-21-8-7-16(14,2)3/h5-6,9,14,18H,4,7-8,10H2,1-3H3. The first-order chi connectivity index (χ1) is 9.94. The van der Waals surface area contributed by atoms with Gasteiger partial charge in [0.25, 0.3) is 0 Å². The Kier molecular flexibility index (Phi) is 5.60. The number of carbonyl (C=O) groups is 1. The lowest BCUT2D eigenvalue weighted by Crippen LogP contribution is -2.41. The fourth-order valence-corrected chi connectivity index (χ4v) is 4.44. The highest BCUT2D eigenvalue weighted by molar-refractivity contribution is 9.10. The van der Waals surface area contributed by atoms with E-state index in [4.69, 9.17) is 4.74 Å². The maximum absolute atomic E-state index is 11.7. The number of hydrogen-bond acceptors (Lipinski definition) is 4. The Morgan fingerprint density at radius 1 is 1.52 bits per heavy atom. The van der Waals surface area contributed by atoms with Gasteiger partial charge in [0.05, 0.1) is 12.2 Å². The van der Waals surface area contributed by atoms with Gasteiger partial charge in [-0.2, -0.15) is 11.8 Å². The van der Waals surface area contributed by atoms with E-state index in [0.29, 0.717) is 18.2 Å². The van der Waals surface area contributed by atoms with E-state index in [2.05, 4.69) is 35.1 Å². The molecule has 1 aliphatic rings. The molecule has 0 amide bonds. The molecule has 0 aliphatic carbocycles. The topological polar surface area (TPSA) is 38.3 Å². The van der Waals surface area contributed by atoms with Crippen LogP contribution in [0.15, 0.2) is 22.7 Å². The van der Waals surface area contributed by atoms with Gasteiger partial charge >= 0.3 is 5.97 Å². The lowest BCUT2D eigenvalue weighted by molar-refractivity contribution is 0.0526. The predicted octanol–water partition coefficient (Wildman–Crippen LogP) is 4.57. The van der Waals surface area contributed by atoms with Gasteiger partial charge in [0.2, 0.25) is 0 Å². The SMILES string of the molecule is CCOC(=O)c1ccc(NC2CSCCC2(C)C)c(Br)c1. The van der Waals surface area contributed by atoms with Gasteiger partial charge in [-0.15, -0.1) is 0 Å². The van der Waals surface area contributed by atoms with Crippen molar-refractivity contribution in [2.24, 2.45) is 5.41 Å². The number of anilines is 1. The van der Waals surface area contributed by atoms with E-state index >= 15 is 0 Å². The molecule has 1 saturated heterocycles. The zero-order chi connectivity index (χ0) is 15.5. The van der Waals surface area contributed by atoms with E-state index in [-0.39, 0.29) is 11.4 Å². The number of ether oxygens (including phenoxy) is 1. The third kappa shape index (κ3) is 4.16. The summed E-state index contributed by atoms with van der Waals surface area (Å²) in [6, 6.07) is 6.02. The summed E-state index contributed by atoms with van der Waals surface area (Å²) in [5.41, 5.74) is 1.89. The van der Waals surface area contributed by atoms with Crippen molar-refractivity contribution in [1.82, 2.24) is 0 Å².